The summed E-state index contributed by atoms with van der Waals surface area (Å²) in [5.41, 5.74) is 2.00. The molecule has 1 saturated carbocycles. The van der Waals surface area contributed by atoms with Gasteiger partial charge in [0.05, 0.1) is 18.2 Å². The van der Waals surface area contributed by atoms with Crippen molar-refractivity contribution < 1.29 is 9.59 Å². The van der Waals surface area contributed by atoms with Crippen molar-refractivity contribution >= 4 is 23.3 Å². The summed E-state index contributed by atoms with van der Waals surface area (Å²) in [7, 11) is 0. The molecule has 2 heterocycles. The molecule has 2 aromatic rings. The molecule has 6 nitrogen and oxygen atoms in total. The third kappa shape index (κ3) is 3.75. The predicted octanol–water partition coefficient (Wildman–Crippen LogP) is 3.69. The molecule has 2 aliphatic rings. The molecule has 6 heteroatoms. The lowest BCUT2D eigenvalue weighted by Gasteiger charge is -2.24. The van der Waals surface area contributed by atoms with Gasteiger partial charge in [-0.15, -0.1) is 0 Å². The minimum atomic E-state index is -0.339. The van der Waals surface area contributed by atoms with Gasteiger partial charge in [-0.25, -0.2) is 4.68 Å². The summed E-state index contributed by atoms with van der Waals surface area (Å²) in [6.07, 6.45) is 7.89. The molecule has 142 valence electrons. The quantitative estimate of drug-likeness (QED) is 0.897. The van der Waals surface area contributed by atoms with Crippen LogP contribution in [0.3, 0.4) is 0 Å². The van der Waals surface area contributed by atoms with Crippen LogP contribution in [0.25, 0.3) is 0 Å². The fourth-order valence-electron chi connectivity index (χ4n) is 4.12. The molecule has 1 atom stereocenters. The molecule has 2 amide bonds. The molecule has 1 aromatic heterocycles. The van der Waals surface area contributed by atoms with Crippen LogP contribution < -0.4 is 10.2 Å². The Bertz CT molecular complexity index is 821. The predicted molar refractivity (Wildman–Crippen MR) is 105 cm³/mol. The fourth-order valence-corrected chi connectivity index (χ4v) is 4.12. The number of aromatic nitrogens is 2. The number of aryl methyl sites for hydroxylation is 1. The average molecular weight is 366 g/mol. The maximum Gasteiger partial charge on any atom is 0.230 e. The lowest BCUT2D eigenvalue weighted by atomic mass is 9.96. The molecular weight excluding hydrogens is 340 g/mol. The molecular formula is C21H26N4O2. The number of nitrogens with zero attached hydrogens (tertiary/aromatic N) is 3. The summed E-state index contributed by atoms with van der Waals surface area (Å²) in [5, 5.41) is 7.44. The molecule has 0 bridgehead atoms. The maximum atomic E-state index is 12.8. The lowest BCUT2D eigenvalue weighted by molar-refractivity contribution is -0.122. The summed E-state index contributed by atoms with van der Waals surface area (Å²) >= 11 is 0. The number of nitrogens with one attached hydrogen (secondary N) is 1. The monoisotopic (exact) mass is 366 g/mol. The smallest absolute Gasteiger partial charge is 0.230 e. The van der Waals surface area contributed by atoms with Gasteiger partial charge in [0.25, 0.3) is 0 Å². The van der Waals surface area contributed by atoms with E-state index in [1.165, 1.54) is 19.3 Å². The number of rotatable bonds is 4. The van der Waals surface area contributed by atoms with Crippen LogP contribution in [0.15, 0.2) is 36.5 Å². The Morgan fingerprint density at radius 2 is 1.85 bits per heavy atom. The van der Waals surface area contributed by atoms with E-state index in [-0.39, 0.29) is 24.2 Å². The second-order valence-corrected chi connectivity index (χ2v) is 7.68. The molecule has 27 heavy (non-hydrogen) atoms. The number of carbonyl (C=O) groups is 2. The van der Waals surface area contributed by atoms with Crippen LogP contribution in [0, 0.1) is 12.8 Å². The van der Waals surface area contributed by atoms with Crippen molar-refractivity contribution in [1.82, 2.24) is 9.78 Å². The van der Waals surface area contributed by atoms with Crippen LogP contribution in [0.2, 0.25) is 0 Å². The molecule has 0 spiro atoms. The van der Waals surface area contributed by atoms with Crippen LogP contribution in [0.5, 0.6) is 0 Å². The Kier molecular flexibility index (Phi) is 4.97. The van der Waals surface area contributed by atoms with Crippen LogP contribution in [-0.4, -0.2) is 28.1 Å². The highest BCUT2D eigenvalue weighted by atomic mass is 16.2. The fraction of sp³-hybridized carbons (Fsp3) is 0.476. The molecule has 1 aliphatic heterocycles. The van der Waals surface area contributed by atoms with E-state index in [0.717, 1.165) is 29.9 Å². The van der Waals surface area contributed by atoms with Gasteiger partial charge in [-0.2, -0.15) is 5.10 Å². The van der Waals surface area contributed by atoms with Gasteiger partial charge in [-0.3, -0.25) is 9.59 Å². The first-order chi connectivity index (χ1) is 13.1. The zero-order valence-corrected chi connectivity index (χ0v) is 15.7. The number of carbonyl (C=O) groups excluding carboxylic acids is 2. The Balaban J connectivity index is 1.43. The van der Waals surface area contributed by atoms with Gasteiger partial charge in [0.1, 0.15) is 5.82 Å². The van der Waals surface area contributed by atoms with E-state index in [2.05, 4.69) is 10.4 Å². The van der Waals surface area contributed by atoms with Gasteiger partial charge >= 0.3 is 0 Å². The Morgan fingerprint density at radius 1 is 1.11 bits per heavy atom. The van der Waals surface area contributed by atoms with Crippen molar-refractivity contribution in [3.63, 3.8) is 0 Å². The number of hydrogen-bond donors (Lipinski definition) is 1. The molecule has 0 radical (unpaired) electrons. The summed E-state index contributed by atoms with van der Waals surface area (Å²) in [6, 6.07) is 10.0. The third-order valence-electron chi connectivity index (χ3n) is 5.68. The van der Waals surface area contributed by atoms with E-state index < -0.39 is 0 Å². The van der Waals surface area contributed by atoms with Gasteiger partial charge in [0, 0.05) is 24.7 Å². The standard InChI is InChI=1S/C21H26N4O2/c1-15-7-9-17(10-8-15)24-14-16(13-20(24)26)21(27)23-19-11-12-22-25(19)18-5-3-2-4-6-18/h7-12,16,18H,2-6,13-14H2,1H3,(H,23,27). The summed E-state index contributed by atoms with van der Waals surface area (Å²) in [4.78, 5) is 26.9. The first-order valence-corrected chi connectivity index (χ1v) is 9.83. The van der Waals surface area contributed by atoms with Gasteiger partial charge in [0.2, 0.25) is 11.8 Å². The van der Waals surface area contributed by atoms with Crippen molar-refractivity contribution in [1.29, 1.82) is 0 Å². The molecule has 1 aliphatic carbocycles. The van der Waals surface area contributed by atoms with Crippen molar-refractivity contribution in [2.75, 3.05) is 16.8 Å². The van der Waals surface area contributed by atoms with Crippen molar-refractivity contribution in [2.45, 2.75) is 51.5 Å². The second-order valence-electron chi connectivity index (χ2n) is 7.68. The van der Waals surface area contributed by atoms with Crippen molar-refractivity contribution in [3.05, 3.63) is 42.1 Å². The molecule has 2 fully saturated rings. The van der Waals surface area contributed by atoms with Gasteiger partial charge in [-0.05, 0) is 31.9 Å². The Labute approximate surface area is 159 Å². The zero-order chi connectivity index (χ0) is 18.8. The van der Waals surface area contributed by atoms with E-state index in [1.54, 1.807) is 11.1 Å². The van der Waals surface area contributed by atoms with E-state index >= 15 is 0 Å². The van der Waals surface area contributed by atoms with E-state index in [4.69, 9.17) is 0 Å². The highest BCUT2D eigenvalue weighted by molar-refractivity contribution is 6.03. The van der Waals surface area contributed by atoms with E-state index in [1.807, 2.05) is 41.9 Å². The molecule has 1 unspecified atom stereocenters. The number of hydrogen-bond acceptors (Lipinski definition) is 3. The second kappa shape index (κ2) is 7.55. The van der Waals surface area contributed by atoms with Crippen LogP contribution in [-0.2, 0) is 9.59 Å². The first-order valence-electron chi connectivity index (χ1n) is 9.83. The van der Waals surface area contributed by atoms with Crippen molar-refractivity contribution in [3.8, 4) is 0 Å². The Morgan fingerprint density at radius 3 is 2.59 bits per heavy atom. The largest absolute Gasteiger partial charge is 0.312 e. The van der Waals surface area contributed by atoms with Crippen LogP contribution in [0.1, 0.15) is 50.1 Å². The van der Waals surface area contributed by atoms with Gasteiger partial charge < -0.3 is 10.2 Å². The highest BCUT2D eigenvalue weighted by Crippen LogP contribution is 2.31. The molecule has 4 rings (SSSR count). The third-order valence-corrected chi connectivity index (χ3v) is 5.68. The molecule has 1 saturated heterocycles. The molecule has 1 N–H and O–H groups in total. The SMILES string of the molecule is Cc1ccc(N2CC(C(=O)Nc3ccnn3C3CCCCC3)CC2=O)cc1. The summed E-state index contributed by atoms with van der Waals surface area (Å²) in [5.74, 6) is 0.303. The normalized spacial score (nSPS) is 20.9. The average Bonchev–Trinajstić information content (AvgIpc) is 3.30. The highest BCUT2D eigenvalue weighted by Gasteiger charge is 2.35. The minimum Gasteiger partial charge on any atom is -0.312 e. The molecule has 1 aromatic carbocycles. The first kappa shape index (κ1) is 17.8. The summed E-state index contributed by atoms with van der Waals surface area (Å²) in [6.45, 7) is 2.44. The summed E-state index contributed by atoms with van der Waals surface area (Å²) < 4.78 is 1.95. The van der Waals surface area contributed by atoms with E-state index in [0.29, 0.717) is 12.6 Å². The van der Waals surface area contributed by atoms with Gasteiger partial charge in [-0.1, -0.05) is 37.0 Å². The number of amides is 2. The minimum absolute atomic E-state index is 0.000193. The van der Waals surface area contributed by atoms with Gasteiger partial charge in [0.15, 0.2) is 0 Å². The zero-order valence-electron chi connectivity index (χ0n) is 15.7. The maximum absolute atomic E-state index is 12.8. The van der Waals surface area contributed by atoms with Crippen molar-refractivity contribution in [2.24, 2.45) is 5.92 Å². The number of anilines is 2. The van der Waals surface area contributed by atoms with E-state index in [9.17, 15) is 9.59 Å². The lowest BCUT2D eigenvalue weighted by Crippen LogP contribution is -2.29. The number of benzene rings is 1. The topological polar surface area (TPSA) is 67.2 Å². The van der Waals surface area contributed by atoms with Crippen LogP contribution in [0.4, 0.5) is 11.5 Å². The Hall–Kier alpha value is -2.63. The van der Waals surface area contributed by atoms with Crippen LogP contribution >= 0.6 is 0 Å².